The molecule has 1 aromatic carbocycles. The van der Waals surface area contributed by atoms with Crippen LogP contribution in [0.3, 0.4) is 0 Å². The molecule has 31 heavy (non-hydrogen) atoms. The van der Waals surface area contributed by atoms with E-state index in [1.54, 1.807) is 6.07 Å². The summed E-state index contributed by atoms with van der Waals surface area (Å²) in [7, 11) is 3.72. The zero-order chi connectivity index (χ0) is 22.4. The van der Waals surface area contributed by atoms with Gasteiger partial charge in [-0.05, 0) is 31.2 Å². The fraction of sp³-hybridized carbons (Fsp3) is 0.286. The maximum atomic E-state index is 13.7. The Labute approximate surface area is 175 Å². The topological polar surface area (TPSA) is 88.4 Å². The first kappa shape index (κ1) is 20.9. The Kier molecular flexibility index (Phi) is 4.97. The highest BCUT2D eigenvalue weighted by molar-refractivity contribution is 5.93. The summed E-state index contributed by atoms with van der Waals surface area (Å²) in [6.45, 7) is 1.49. The molecule has 7 nitrogen and oxygen atoms in total. The van der Waals surface area contributed by atoms with Crippen molar-refractivity contribution in [2.24, 2.45) is 0 Å². The predicted molar refractivity (Wildman–Crippen MR) is 106 cm³/mol. The highest BCUT2D eigenvalue weighted by Gasteiger charge is 2.58. The summed E-state index contributed by atoms with van der Waals surface area (Å²) in [5, 5.41) is 15.0. The Hall–Kier alpha value is -3.40. The van der Waals surface area contributed by atoms with Gasteiger partial charge in [-0.1, -0.05) is 23.4 Å². The van der Waals surface area contributed by atoms with Gasteiger partial charge >= 0.3 is 6.18 Å². The molecule has 0 saturated carbocycles. The van der Waals surface area contributed by atoms with Crippen molar-refractivity contribution in [1.29, 1.82) is 0 Å². The third-order valence-electron chi connectivity index (χ3n) is 4.89. The normalized spacial score (nSPS) is 14.0. The smallest absolute Gasteiger partial charge is 0.425 e. The Morgan fingerprint density at radius 3 is 2.45 bits per heavy atom. The molecule has 0 aliphatic heterocycles. The molecule has 0 aliphatic rings. The first-order valence-electron chi connectivity index (χ1n) is 9.34. The number of fused-ring (bicyclic) bond motifs is 1. The van der Waals surface area contributed by atoms with Crippen LogP contribution in [-0.2, 0) is 12.0 Å². The van der Waals surface area contributed by atoms with Crippen molar-refractivity contribution in [3.8, 4) is 11.6 Å². The van der Waals surface area contributed by atoms with Crippen LogP contribution in [0.15, 0.2) is 51.4 Å². The van der Waals surface area contributed by atoms with Crippen LogP contribution in [0, 0.1) is 6.92 Å². The third kappa shape index (κ3) is 3.74. The van der Waals surface area contributed by atoms with E-state index in [1.165, 1.54) is 13.0 Å². The summed E-state index contributed by atoms with van der Waals surface area (Å²) in [6.07, 6.45) is -5.99. The molecule has 0 fully saturated rings. The van der Waals surface area contributed by atoms with E-state index in [0.29, 0.717) is 11.2 Å². The van der Waals surface area contributed by atoms with Crippen LogP contribution >= 0.6 is 0 Å². The number of hydrogen-bond donors (Lipinski definition) is 1. The van der Waals surface area contributed by atoms with Gasteiger partial charge in [0.1, 0.15) is 17.2 Å². The van der Waals surface area contributed by atoms with Crippen LogP contribution in [0.1, 0.15) is 17.3 Å². The van der Waals surface area contributed by atoms with Gasteiger partial charge in [-0.3, -0.25) is 0 Å². The van der Waals surface area contributed by atoms with Crippen molar-refractivity contribution in [3.05, 3.63) is 59.8 Å². The lowest BCUT2D eigenvalue weighted by Gasteiger charge is -2.27. The van der Waals surface area contributed by atoms with Crippen molar-refractivity contribution in [1.82, 2.24) is 15.1 Å². The number of aryl methyl sites for hydroxylation is 1. The average molecular weight is 432 g/mol. The molecule has 0 spiro atoms. The monoisotopic (exact) mass is 432 g/mol. The molecular formula is C21H19F3N4O3. The number of hydrogen-bond acceptors (Lipinski definition) is 7. The van der Waals surface area contributed by atoms with E-state index in [-0.39, 0.29) is 17.5 Å². The summed E-state index contributed by atoms with van der Waals surface area (Å²) in [4.78, 5) is 10.4. The SMILES string of the molecule is Cc1ccc(C(O)(Cc2noc(-c3cc(N(C)C)c4ccccc4n3)n2)C(F)(F)F)o1. The van der Waals surface area contributed by atoms with Crippen LogP contribution in [0.4, 0.5) is 18.9 Å². The lowest BCUT2D eigenvalue weighted by Crippen LogP contribution is -2.44. The molecule has 4 aromatic rings. The molecule has 1 N–H and O–H groups in total. The molecule has 10 heteroatoms. The molecular weight excluding hydrogens is 413 g/mol. The first-order valence-corrected chi connectivity index (χ1v) is 9.34. The van der Waals surface area contributed by atoms with Gasteiger partial charge < -0.3 is 18.9 Å². The number of aromatic nitrogens is 3. The lowest BCUT2D eigenvalue weighted by atomic mass is 9.95. The van der Waals surface area contributed by atoms with Crippen molar-refractivity contribution in [2.45, 2.75) is 25.1 Å². The molecule has 3 heterocycles. The minimum Gasteiger partial charge on any atom is -0.463 e. The third-order valence-corrected chi connectivity index (χ3v) is 4.89. The fourth-order valence-corrected chi connectivity index (χ4v) is 3.28. The summed E-state index contributed by atoms with van der Waals surface area (Å²) in [5.74, 6) is -0.778. The van der Waals surface area contributed by atoms with Gasteiger partial charge in [0.05, 0.1) is 11.9 Å². The van der Waals surface area contributed by atoms with E-state index in [9.17, 15) is 18.3 Å². The van der Waals surface area contributed by atoms with Crippen LogP contribution < -0.4 is 4.90 Å². The molecule has 3 aromatic heterocycles. The second-order valence-corrected chi connectivity index (χ2v) is 7.40. The van der Waals surface area contributed by atoms with Gasteiger partial charge in [0.25, 0.3) is 5.89 Å². The lowest BCUT2D eigenvalue weighted by molar-refractivity contribution is -0.273. The van der Waals surface area contributed by atoms with E-state index in [2.05, 4.69) is 15.1 Å². The number of anilines is 1. The maximum absolute atomic E-state index is 13.7. The van der Waals surface area contributed by atoms with E-state index in [1.807, 2.05) is 43.3 Å². The minimum absolute atomic E-state index is 0.0518. The van der Waals surface area contributed by atoms with Gasteiger partial charge in [0.2, 0.25) is 5.60 Å². The number of alkyl halides is 3. The molecule has 0 saturated heterocycles. The molecule has 0 amide bonds. The maximum Gasteiger partial charge on any atom is 0.425 e. The van der Waals surface area contributed by atoms with Crippen LogP contribution in [0.2, 0.25) is 0 Å². The molecule has 0 aliphatic carbocycles. The van der Waals surface area contributed by atoms with Crippen molar-refractivity contribution < 1.29 is 27.2 Å². The van der Waals surface area contributed by atoms with E-state index in [0.717, 1.165) is 17.1 Å². The van der Waals surface area contributed by atoms with Gasteiger partial charge in [-0.2, -0.15) is 18.2 Å². The molecule has 162 valence electrons. The number of furan rings is 1. The molecule has 1 atom stereocenters. The van der Waals surface area contributed by atoms with Crippen LogP contribution in [0.5, 0.6) is 0 Å². The highest BCUT2D eigenvalue weighted by atomic mass is 19.4. The van der Waals surface area contributed by atoms with Crippen LogP contribution in [0.25, 0.3) is 22.5 Å². The minimum atomic E-state index is -5.02. The van der Waals surface area contributed by atoms with Crippen LogP contribution in [-0.4, -0.2) is 40.5 Å². The quantitative estimate of drug-likeness (QED) is 0.505. The number of halogens is 3. The Bertz CT molecular complexity index is 1230. The second-order valence-electron chi connectivity index (χ2n) is 7.40. The number of nitrogens with zero attached hydrogens (tertiary/aromatic N) is 4. The highest BCUT2D eigenvalue weighted by Crippen LogP contribution is 2.42. The summed E-state index contributed by atoms with van der Waals surface area (Å²) in [5.41, 5.74) is -1.49. The molecule has 4 rings (SSSR count). The largest absolute Gasteiger partial charge is 0.463 e. The zero-order valence-corrected chi connectivity index (χ0v) is 16.9. The summed E-state index contributed by atoms with van der Waals surface area (Å²) >= 11 is 0. The Morgan fingerprint density at radius 1 is 1.06 bits per heavy atom. The number of aliphatic hydroxyl groups is 1. The summed E-state index contributed by atoms with van der Waals surface area (Å²) in [6, 6.07) is 11.6. The van der Waals surface area contributed by atoms with Gasteiger partial charge in [0, 0.05) is 25.2 Å². The standard InChI is InChI=1S/C21H19F3N4O3/c1-12-8-9-17(30-12)20(29,21(22,23)24)11-18-26-19(31-27-18)15-10-16(28(2)3)13-6-4-5-7-14(13)25-15/h4-10,29H,11H2,1-3H3. The number of rotatable bonds is 5. The predicted octanol–water partition coefficient (Wildman–Crippen LogP) is 4.24. The van der Waals surface area contributed by atoms with E-state index >= 15 is 0 Å². The number of para-hydroxylation sites is 1. The van der Waals surface area contributed by atoms with Gasteiger partial charge in [-0.25, -0.2) is 4.98 Å². The van der Waals surface area contributed by atoms with E-state index in [4.69, 9.17) is 8.94 Å². The summed E-state index contributed by atoms with van der Waals surface area (Å²) < 4.78 is 51.4. The first-order chi connectivity index (χ1) is 14.6. The molecule has 0 radical (unpaired) electrons. The van der Waals surface area contributed by atoms with Crippen molar-refractivity contribution >= 4 is 16.6 Å². The molecule has 1 unspecified atom stereocenters. The number of pyridine rings is 1. The van der Waals surface area contributed by atoms with Crippen molar-refractivity contribution in [2.75, 3.05) is 19.0 Å². The Morgan fingerprint density at radius 2 is 1.81 bits per heavy atom. The number of benzene rings is 1. The zero-order valence-electron chi connectivity index (χ0n) is 16.9. The Balaban J connectivity index is 1.73. The van der Waals surface area contributed by atoms with Gasteiger partial charge in [-0.15, -0.1) is 0 Å². The second kappa shape index (κ2) is 7.38. The fourth-order valence-electron chi connectivity index (χ4n) is 3.28. The van der Waals surface area contributed by atoms with E-state index < -0.39 is 24.0 Å². The van der Waals surface area contributed by atoms with Crippen molar-refractivity contribution in [3.63, 3.8) is 0 Å². The average Bonchev–Trinajstić information content (AvgIpc) is 3.35. The molecule has 0 bridgehead atoms. The van der Waals surface area contributed by atoms with Gasteiger partial charge in [0.15, 0.2) is 5.82 Å².